The van der Waals surface area contributed by atoms with Gasteiger partial charge in [-0.05, 0) is 18.4 Å². The monoisotopic (exact) mass is 245 g/mol. The number of hydrogen-bond donors (Lipinski definition) is 1. The summed E-state index contributed by atoms with van der Waals surface area (Å²) in [6, 6.07) is 8.38. The van der Waals surface area contributed by atoms with Crippen LogP contribution in [0.15, 0.2) is 24.3 Å². The molecule has 0 aliphatic carbocycles. The van der Waals surface area contributed by atoms with E-state index in [4.69, 9.17) is 0 Å². The Balaban J connectivity index is 2.28. The Morgan fingerprint density at radius 3 is 2.44 bits per heavy atom. The van der Waals surface area contributed by atoms with E-state index < -0.39 is 0 Å². The minimum absolute atomic E-state index is 0.0542. The quantitative estimate of drug-likeness (QED) is 0.898. The maximum Gasteiger partial charge on any atom is 0.112 e. The van der Waals surface area contributed by atoms with E-state index in [0.717, 1.165) is 5.69 Å². The summed E-state index contributed by atoms with van der Waals surface area (Å²) in [6.45, 7) is 6.89. The van der Waals surface area contributed by atoms with E-state index in [1.807, 2.05) is 4.68 Å². The van der Waals surface area contributed by atoms with Crippen LogP contribution in [0.2, 0.25) is 0 Å². The molecule has 0 spiro atoms. The van der Waals surface area contributed by atoms with Gasteiger partial charge in [0, 0.05) is 0 Å². The lowest BCUT2D eigenvalue weighted by Gasteiger charge is -2.10. The highest BCUT2D eigenvalue weighted by molar-refractivity contribution is 5.22. The minimum Gasteiger partial charge on any atom is -0.390 e. The van der Waals surface area contributed by atoms with E-state index in [-0.39, 0.29) is 6.61 Å². The Morgan fingerprint density at radius 1 is 1.22 bits per heavy atom. The number of rotatable bonds is 4. The van der Waals surface area contributed by atoms with Crippen molar-refractivity contribution >= 4 is 0 Å². The molecule has 0 saturated carbocycles. The molecule has 4 heteroatoms. The largest absolute Gasteiger partial charge is 0.390 e. The number of nitrogens with zero attached hydrogens (tertiary/aromatic N) is 3. The predicted molar refractivity (Wildman–Crippen MR) is 70.3 cm³/mol. The van der Waals surface area contributed by atoms with Crippen molar-refractivity contribution in [2.75, 3.05) is 0 Å². The van der Waals surface area contributed by atoms with Crippen LogP contribution in [-0.4, -0.2) is 20.1 Å². The van der Waals surface area contributed by atoms with Gasteiger partial charge in [0.1, 0.15) is 5.69 Å². The van der Waals surface area contributed by atoms with Gasteiger partial charge in [0.25, 0.3) is 0 Å². The average Bonchev–Trinajstić information content (AvgIpc) is 2.75. The van der Waals surface area contributed by atoms with Crippen LogP contribution in [0.1, 0.15) is 42.3 Å². The Morgan fingerprint density at radius 2 is 1.89 bits per heavy atom. The molecule has 2 aromatic rings. The molecule has 0 unspecified atom stereocenters. The molecule has 0 saturated heterocycles. The molecule has 0 aliphatic rings. The van der Waals surface area contributed by atoms with Gasteiger partial charge < -0.3 is 5.11 Å². The molecule has 0 fully saturated rings. The zero-order chi connectivity index (χ0) is 13.1. The summed E-state index contributed by atoms with van der Waals surface area (Å²) in [7, 11) is 0. The van der Waals surface area contributed by atoms with Gasteiger partial charge in [0.2, 0.25) is 0 Å². The van der Waals surface area contributed by atoms with Crippen molar-refractivity contribution in [2.24, 2.45) is 0 Å². The summed E-state index contributed by atoms with van der Waals surface area (Å²) in [4.78, 5) is 0. The Kier molecular flexibility index (Phi) is 3.77. The van der Waals surface area contributed by atoms with Gasteiger partial charge in [-0.1, -0.05) is 48.9 Å². The lowest BCUT2D eigenvalue weighted by Crippen LogP contribution is -2.09. The van der Waals surface area contributed by atoms with Gasteiger partial charge in [-0.15, -0.1) is 5.10 Å². The van der Waals surface area contributed by atoms with Crippen LogP contribution in [0.3, 0.4) is 0 Å². The highest BCUT2D eigenvalue weighted by Crippen LogP contribution is 2.18. The predicted octanol–water partition coefficient (Wildman–Crippen LogP) is 2.25. The second kappa shape index (κ2) is 5.31. The van der Waals surface area contributed by atoms with Gasteiger partial charge in [-0.25, -0.2) is 4.68 Å². The van der Waals surface area contributed by atoms with Crippen molar-refractivity contribution < 1.29 is 5.11 Å². The SMILES string of the molecule is Cc1ccc(Cn2nnc(CO)c2C(C)C)cc1. The van der Waals surface area contributed by atoms with Crippen LogP contribution in [-0.2, 0) is 13.2 Å². The molecule has 0 bridgehead atoms. The van der Waals surface area contributed by atoms with Crippen molar-refractivity contribution in [2.45, 2.75) is 39.8 Å². The lowest BCUT2D eigenvalue weighted by atomic mass is 10.1. The third-order valence-corrected chi connectivity index (χ3v) is 3.00. The molecule has 1 aromatic carbocycles. The number of aromatic nitrogens is 3. The zero-order valence-electron chi connectivity index (χ0n) is 11.1. The van der Waals surface area contributed by atoms with Gasteiger partial charge in [-0.2, -0.15) is 0 Å². The summed E-state index contributed by atoms with van der Waals surface area (Å²) in [5.41, 5.74) is 4.13. The number of aryl methyl sites for hydroxylation is 1. The molecule has 1 heterocycles. The average molecular weight is 245 g/mol. The van der Waals surface area contributed by atoms with Crippen LogP contribution in [0.5, 0.6) is 0 Å². The molecule has 2 rings (SSSR count). The van der Waals surface area contributed by atoms with Crippen molar-refractivity contribution in [3.63, 3.8) is 0 Å². The van der Waals surface area contributed by atoms with E-state index >= 15 is 0 Å². The fourth-order valence-electron chi connectivity index (χ4n) is 2.08. The molecule has 4 nitrogen and oxygen atoms in total. The van der Waals surface area contributed by atoms with Crippen LogP contribution >= 0.6 is 0 Å². The molecule has 18 heavy (non-hydrogen) atoms. The first-order valence-corrected chi connectivity index (χ1v) is 6.20. The Hall–Kier alpha value is -1.68. The van der Waals surface area contributed by atoms with Crippen molar-refractivity contribution in [3.8, 4) is 0 Å². The maximum atomic E-state index is 9.27. The minimum atomic E-state index is -0.0542. The molecule has 0 aliphatic heterocycles. The van der Waals surface area contributed by atoms with Crippen molar-refractivity contribution in [3.05, 3.63) is 46.8 Å². The van der Waals surface area contributed by atoms with E-state index in [0.29, 0.717) is 18.2 Å². The highest BCUT2D eigenvalue weighted by Gasteiger charge is 2.15. The first-order chi connectivity index (χ1) is 8.61. The summed E-state index contributed by atoms with van der Waals surface area (Å²) in [5.74, 6) is 0.299. The molecule has 1 N–H and O–H groups in total. The standard InChI is InChI=1S/C14H19N3O/c1-10(2)14-13(9-18)15-16-17(14)8-12-6-4-11(3)5-7-12/h4-7,10,18H,8-9H2,1-3H3. The number of aliphatic hydroxyl groups excluding tert-OH is 1. The van der Waals surface area contributed by atoms with Crippen molar-refractivity contribution in [1.82, 2.24) is 15.0 Å². The van der Waals surface area contributed by atoms with Crippen molar-refractivity contribution in [1.29, 1.82) is 0 Å². The molecule has 0 atom stereocenters. The van der Waals surface area contributed by atoms with E-state index in [2.05, 4.69) is 55.3 Å². The summed E-state index contributed by atoms with van der Waals surface area (Å²) < 4.78 is 1.88. The maximum absolute atomic E-state index is 9.27. The first-order valence-electron chi connectivity index (χ1n) is 6.20. The second-order valence-corrected chi connectivity index (χ2v) is 4.88. The first kappa shape index (κ1) is 12.8. The van der Waals surface area contributed by atoms with E-state index in [9.17, 15) is 5.11 Å². The third-order valence-electron chi connectivity index (χ3n) is 3.00. The Labute approximate surface area is 107 Å². The van der Waals surface area contributed by atoms with Gasteiger partial charge in [0.05, 0.1) is 18.8 Å². The second-order valence-electron chi connectivity index (χ2n) is 4.88. The fourth-order valence-corrected chi connectivity index (χ4v) is 2.08. The molecular formula is C14H19N3O. The molecule has 0 amide bonds. The fraction of sp³-hybridized carbons (Fsp3) is 0.429. The van der Waals surface area contributed by atoms with Gasteiger partial charge in [0.15, 0.2) is 0 Å². The summed E-state index contributed by atoms with van der Waals surface area (Å²) >= 11 is 0. The summed E-state index contributed by atoms with van der Waals surface area (Å²) in [6.07, 6.45) is 0. The van der Waals surface area contributed by atoms with Crippen LogP contribution < -0.4 is 0 Å². The highest BCUT2D eigenvalue weighted by atomic mass is 16.3. The van der Waals surface area contributed by atoms with Gasteiger partial charge in [-0.3, -0.25) is 0 Å². The number of benzene rings is 1. The normalized spacial score (nSPS) is 11.2. The van der Waals surface area contributed by atoms with E-state index in [1.165, 1.54) is 11.1 Å². The smallest absolute Gasteiger partial charge is 0.112 e. The molecular weight excluding hydrogens is 226 g/mol. The Bertz CT molecular complexity index is 514. The summed E-state index contributed by atoms with van der Waals surface area (Å²) in [5, 5.41) is 17.4. The van der Waals surface area contributed by atoms with Crippen LogP contribution in [0.25, 0.3) is 0 Å². The number of hydrogen-bond acceptors (Lipinski definition) is 3. The topological polar surface area (TPSA) is 50.9 Å². The lowest BCUT2D eigenvalue weighted by molar-refractivity contribution is 0.275. The molecule has 96 valence electrons. The zero-order valence-corrected chi connectivity index (χ0v) is 11.1. The van der Waals surface area contributed by atoms with Gasteiger partial charge >= 0.3 is 0 Å². The van der Waals surface area contributed by atoms with Crippen LogP contribution in [0.4, 0.5) is 0 Å². The van der Waals surface area contributed by atoms with Crippen LogP contribution in [0, 0.1) is 6.92 Å². The molecule has 0 radical (unpaired) electrons. The third kappa shape index (κ3) is 2.59. The molecule has 1 aromatic heterocycles. The van der Waals surface area contributed by atoms with E-state index in [1.54, 1.807) is 0 Å². The number of aliphatic hydroxyl groups is 1.